The summed E-state index contributed by atoms with van der Waals surface area (Å²) in [5, 5.41) is 0.836. The van der Waals surface area contributed by atoms with Crippen molar-refractivity contribution >= 4 is 52.2 Å². The van der Waals surface area contributed by atoms with E-state index >= 15 is 0 Å². The van der Waals surface area contributed by atoms with Crippen molar-refractivity contribution in [1.29, 1.82) is 0 Å². The first kappa shape index (κ1) is 22.5. The van der Waals surface area contributed by atoms with E-state index < -0.39 is 0 Å². The smallest absolute Gasteiger partial charge is 0.293 e. The molecular weight excluding hydrogens is 465 g/mol. The fourth-order valence-electron chi connectivity index (χ4n) is 3.24. The van der Waals surface area contributed by atoms with Crippen molar-refractivity contribution in [1.82, 2.24) is 4.90 Å². The number of rotatable bonds is 6. The van der Waals surface area contributed by atoms with E-state index in [1.165, 1.54) is 4.90 Å². The van der Waals surface area contributed by atoms with Crippen molar-refractivity contribution in [2.24, 2.45) is 0 Å². The average Bonchev–Trinajstić information content (AvgIpc) is 3.02. The molecule has 0 saturated carbocycles. The van der Waals surface area contributed by atoms with Gasteiger partial charge in [0, 0.05) is 15.6 Å². The Kier molecular flexibility index (Phi) is 6.89. The summed E-state index contributed by atoms with van der Waals surface area (Å²) >= 11 is 13.1. The van der Waals surface area contributed by atoms with Crippen LogP contribution in [0.25, 0.3) is 6.08 Å². The molecule has 3 aromatic rings. The number of hydrogen-bond acceptors (Lipinski definition) is 4. The Hall–Kier alpha value is -2.73. The van der Waals surface area contributed by atoms with Crippen LogP contribution in [0.4, 0.5) is 4.79 Å². The molecule has 1 aliphatic rings. The van der Waals surface area contributed by atoms with E-state index in [1.807, 2.05) is 61.5 Å². The van der Waals surface area contributed by atoms with Gasteiger partial charge in [-0.1, -0.05) is 65.7 Å². The standard InChI is InChI=1S/C25H19Cl2NO3S/c1-16-5-2-3-7-18(16)14-28-24(29)23(32-25(28)30)12-17-6-4-8-21(11-17)31-15-19-9-10-20(26)13-22(19)27/h2-13H,14-15H2,1H3/b23-12-. The van der Waals surface area contributed by atoms with Crippen LogP contribution in [0.15, 0.2) is 71.6 Å². The summed E-state index contributed by atoms with van der Waals surface area (Å²) in [6.45, 7) is 2.51. The molecule has 0 aromatic heterocycles. The minimum Gasteiger partial charge on any atom is -0.489 e. The third-order valence-electron chi connectivity index (χ3n) is 5.03. The molecule has 4 rings (SSSR count). The van der Waals surface area contributed by atoms with Gasteiger partial charge in [-0.25, -0.2) is 0 Å². The number of aryl methyl sites for hydroxylation is 1. The molecule has 162 valence electrons. The minimum absolute atomic E-state index is 0.264. The lowest BCUT2D eigenvalue weighted by Gasteiger charge is -2.14. The lowest BCUT2D eigenvalue weighted by atomic mass is 10.1. The number of carbonyl (C=O) groups excluding carboxylic acids is 2. The highest BCUT2D eigenvalue weighted by Gasteiger charge is 2.35. The van der Waals surface area contributed by atoms with Crippen LogP contribution in [0.5, 0.6) is 5.75 Å². The second kappa shape index (κ2) is 9.82. The van der Waals surface area contributed by atoms with E-state index in [4.69, 9.17) is 27.9 Å². The SMILES string of the molecule is Cc1ccccc1CN1C(=O)S/C(=C\c2cccc(OCc3ccc(Cl)cc3Cl)c2)C1=O. The predicted octanol–water partition coefficient (Wildman–Crippen LogP) is 7.12. The lowest BCUT2D eigenvalue weighted by molar-refractivity contribution is -0.123. The van der Waals surface area contributed by atoms with E-state index in [9.17, 15) is 9.59 Å². The van der Waals surface area contributed by atoms with Gasteiger partial charge in [-0.15, -0.1) is 0 Å². The van der Waals surface area contributed by atoms with Gasteiger partial charge in [0.05, 0.1) is 11.4 Å². The molecule has 0 unspecified atom stereocenters. The summed E-state index contributed by atoms with van der Waals surface area (Å²) in [6, 6.07) is 20.3. The van der Waals surface area contributed by atoms with Gasteiger partial charge < -0.3 is 4.74 Å². The zero-order valence-corrected chi connectivity index (χ0v) is 19.5. The molecule has 4 nitrogen and oxygen atoms in total. The Morgan fingerprint density at radius 1 is 0.969 bits per heavy atom. The first-order valence-corrected chi connectivity index (χ1v) is 11.4. The van der Waals surface area contributed by atoms with Gasteiger partial charge in [0.15, 0.2) is 0 Å². The molecule has 0 radical (unpaired) electrons. The van der Waals surface area contributed by atoms with E-state index in [0.29, 0.717) is 20.7 Å². The molecule has 0 bridgehead atoms. The molecule has 1 fully saturated rings. The number of thioether (sulfide) groups is 1. The Labute approximate surface area is 200 Å². The van der Waals surface area contributed by atoms with Crippen molar-refractivity contribution in [2.75, 3.05) is 0 Å². The summed E-state index contributed by atoms with van der Waals surface area (Å²) in [4.78, 5) is 27.0. The maximum Gasteiger partial charge on any atom is 0.293 e. The first-order valence-electron chi connectivity index (χ1n) is 9.87. The van der Waals surface area contributed by atoms with Gasteiger partial charge in [-0.05, 0) is 65.7 Å². The number of amides is 2. The van der Waals surface area contributed by atoms with E-state index in [-0.39, 0.29) is 24.3 Å². The molecule has 0 spiro atoms. The van der Waals surface area contributed by atoms with Gasteiger partial charge >= 0.3 is 0 Å². The summed E-state index contributed by atoms with van der Waals surface area (Å²) in [5.41, 5.74) is 3.58. The summed E-state index contributed by atoms with van der Waals surface area (Å²) < 4.78 is 5.85. The Bertz CT molecular complexity index is 1230. The van der Waals surface area contributed by atoms with Crippen LogP contribution < -0.4 is 4.74 Å². The lowest BCUT2D eigenvalue weighted by Crippen LogP contribution is -2.27. The van der Waals surface area contributed by atoms with Gasteiger partial charge in [-0.2, -0.15) is 0 Å². The molecule has 1 saturated heterocycles. The van der Waals surface area contributed by atoms with Gasteiger partial charge in [0.25, 0.3) is 11.1 Å². The highest BCUT2D eigenvalue weighted by molar-refractivity contribution is 8.18. The van der Waals surface area contributed by atoms with Crippen LogP contribution in [0, 0.1) is 6.92 Å². The van der Waals surface area contributed by atoms with Gasteiger partial charge in [0.2, 0.25) is 0 Å². The number of nitrogens with zero attached hydrogens (tertiary/aromatic N) is 1. The number of carbonyl (C=O) groups is 2. The molecule has 1 aliphatic heterocycles. The first-order chi connectivity index (χ1) is 15.4. The molecule has 0 atom stereocenters. The van der Waals surface area contributed by atoms with Crippen LogP contribution >= 0.6 is 35.0 Å². The van der Waals surface area contributed by atoms with E-state index in [1.54, 1.807) is 18.2 Å². The van der Waals surface area contributed by atoms with Crippen LogP contribution in [-0.4, -0.2) is 16.0 Å². The topological polar surface area (TPSA) is 46.6 Å². The fraction of sp³-hybridized carbons (Fsp3) is 0.120. The monoisotopic (exact) mass is 483 g/mol. The molecule has 0 aliphatic carbocycles. The Morgan fingerprint density at radius 3 is 2.56 bits per heavy atom. The highest BCUT2D eigenvalue weighted by atomic mass is 35.5. The molecule has 3 aromatic carbocycles. The van der Waals surface area contributed by atoms with Gasteiger partial charge in [0.1, 0.15) is 12.4 Å². The summed E-state index contributed by atoms with van der Waals surface area (Å²) in [7, 11) is 0. The third kappa shape index (κ3) is 5.18. The molecule has 32 heavy (non-hydrogen) atoms. The predicted molar refractivity (Wildman–Crippen MR) is 130 cm³/mol. The number of benzene rings is 3. The average molecular weight is 484 g/mol. The number of ether oxygens (including phenoxy) is 1. The van der Waals surface area contributed by atoms with Crippen molar-refractivity contribution < 1.29 is 14.3 Å². The van der Waals surface area contributed by atoms with Crippen LogP contribution in [0.2, 0.25) is 10.0 Å². The maximum atomic E-state index is 12.9. The van der Waals surface area contributed by atoms with Crippen LogP contribution in [0.1, 0.15) is 22.3 Å². The molecular formula is C25H19Cl2NO3S. The second-order valence-electron chi connectivity index (χ2n) is 7.29. The Morgan fingerprint density at radius 2 is 1.78 bits per heavy atom. The molecule has 0 N–H and O–H groups in total. The van der Waals surface area contributed by atoms with Crippen LogP contribution in [-0.2, 0) is 17.9 Å². The largest absolute Gasteiger partial charge is 0.489 e. The zero-order valence-electron chi connectivity index (χ0n) is 17.2. The molecule has 1 heterocycles. The quantitative estimate of drug-likeness (QED) is 0.350. The normalized spacial score (nSPS) is 15.0. The summed E-state index contributed by atoms with van der Waals surface area (Å²) in [6.07, 6.45) is 1.71. The van der Waals surface area contributed by atoms with Crippen molar-refractivity contribution in [2.45, 2.75) is 20.1 Å². The van der Waals surface area contributed by atoms with Crippen LogP contribution in [0.3, 0.4) is 0 Å². The maximum absolute atomic E-state index is 12.9. The zero-order chi connectivity index (χ0) is 22.7. The van der Waals surface area contributed by atoms with Crippen molar-refractivity contribution in [3.05, 3.63) is 104 Å². The number of halogens is 2. The highest BCUT2D eigenvalue weighted by Crippen LogP contribution is 2.34. The number of hydrogen-bond donors (Lipinski definition) is 0. The fourth-order valence-corrected chi connectivity index (χ4v) is 4.54. The van der Waals surface area contributed by atoms with E-state index in [0.717, 1.165) is 34.0 Å². The Balaban J connectivity index is 1.47. The van der Waals surface area contributed by atoms with Gasteiger partial charge in [-0.3, -0.25) is 14.5 Å². The third-order valence-corrected chi connectivity index (χ3v) is 6.52. The molecule has 7 heteroatoms. The van der Waals surface area contributed by atoms with Crippen molar-refractivity contribution in [3.8, 4) is 5.75 Å². The number of imide groups is 1. The molecule has 2 amide bonds. The van der Waals surface area contributed by atoms with E-state index in [2.05, 4.69) is 0 Å². The second-order valence-corrected chi connectivity index (χ2v) is 9.13. The minimum atomic E-state index is -0.289. The summed E-state index contributed by atoms with van der Waals surface area (Å²) in [5.74, 6) is 0.339. The van der Waals surface area contributed by atoms with Crippen molar-refractivity contribution in [3.63, 3.8) is 0 Å².